The fourth-order valence-electron chi connectivity index (χ4n) is 4.43. The van der Waals surface area contributed by atoms with Crippen molar-refractivity contribution < 1.29 is 33.3 Å². The van der Waals surface area contributed by atoms with Gasteiger partial charge in [-0.05, 0) is 53.9 Å². The second-order valence-electron chi connectivity index (χ2n) is 8.46. The minimum atomic E-state index is -0.963. The summed E-state index contributed by atoms with van der Waals surface area (Å²) in [7, 11) is 4.36. The number of nitrogens with zero attached hydrogens (tertiary/aromatic N) is 1. The number of carbonyl (C=O) groups excluding carboxylic acids is 2. The summed E-state index contributed by atoms with van der Waals surface area (Å²) in [5, 5.41) is 11.6. The highest BCUT2D eigenvalue weighted by molar-refractivity contribution is 6.46. The van der Waals surface area contributed by atoms with Crippen LogP contribution in [0, 0.1) is 5.82 Å². The van der Waals surface area contributed by atoms with Gasteiger partial charge in [0.15, 0.2) is 17.2 Å². The Bertz CT molecular complexity index is 1400. The van der Waals surface area contributed by atoms with Gasteiger partial charge >= 0.3 is 0 Å². The molecule has 1 atom stereocenters. The van der Waals surface area contributed by atoms with Gasteiger partial charge in [-0.15, -0.1) is 0 Å². The van der Waals surface area contributed by atoms with Crippen molar-refractivity contribution in [3.63, 3.8) is 0 Å². The largest absolute Gasteiger partial charge is 0.507 e. The molecule has 1 heterocycles. The Kier molecular flexibility index (Phi) is 8.14. The zero-order valence-electron chi connectivity index (χ0n) is 20.8. The van der Waals surface area contributed by atoms with Crippen molar-refractivity contribution in [2.75, 3.05) is 27.9 Å². The number of ether oxygens (including phenoxy) is 3. The third-order valence-electron chi connectivity index (χ3n) is 6.29. The Morgan fingerprint density at radius 3 is 2.13 bits per heavy atom. The number of methoxy groups -OCH3 is 3. The van der Waals surface area contributed by atoms with Crippen molar-refractivity contribution >= 4 is 40.7 Å². The first kappa shape index (κ1) is 27.3. The number of Topliss-reactive ketones (excluding diaryl/α,β-unsaturated/α-hetero) is 1. The van der Waals surface area contributed by atoms with Gasteiger partial charge in [-0.25, -0.2) is 4.39 Å². The topological polar surface area (TPSA) is 85.3 Å². The molecular formula is C28H24Cl2FNO6. The number of ketones is 1. The van der Waals surface area contributed by atoms with Crippen LogP contribution in [0.4, 0.5) is 4.39 Å². The van der Waals surface area contributed by atoms with Crippen LogP contribution in [0.15, 0.2) is 60.2 Å². The van der Waals surface area contributed by atoms with E-state index in [1.807, 2.05) is 0 Å². The lowest BCUT2D eigenvalue weighted by Gasteiger charge is -2.26. The molecule has 0 bridgehead atoms. The molecule has 0 aliphatic carbocycles. The number of hydrogen-bond acceptors (Lipinski definition) is 6. The molecular weight excluding hydrogens is 536 g/mol. The van der Waals surface area contributed by atoms with Gasteiger partial charge in [0.2, 0.25) is 0 Å². The molecule has 1 N–H and O–H groups in total. The van der Waals surface area contributed by atoms with Crippen molar-refractivity contribution in [1.29, 1.82) is 0 Å². The fraction of sp³-hybridized carbons (Fsp3) is 0.214. The van der Waals surface area contributed by atoms with Gasteiger partial charge in [-0.3, -0.25) is 9.59 Å². The Morgan fingerprint density at radius 2 is 1.55 bits per heavy atom. The zero-order chi connectivity index (χ0) is 27.6. The summed E-state index contributed by atoms with van der Waals surface area (Å²) >= 11 is 12.5. The van der Waals surface area contributed by atoms with Gasteiger partial charge in [0.25, 0.3) is 11.7 Å². The van der Waals surface area contributed by atoms with Crippen molar-refractivity contribution in [3.05, 3.63) is 92.7 Å². The molecule has 3 aromatic carbocycles. The lowest BCUT2D eigenvalue weighted by molar-refractivity contribution is -0.139. The number of halogens is 3. The number of hydrogen-bond donors (Lipinski definition) is 1. The highest BCUT2D eigenvalue weighted by Gasteiger charge is 2.46. The summed E-state index contributed by atoms with van der Waals surface area (Å²) in [5.41, 5.74) is 1.28. The van der Waals surface area contributed by atoms with Crippen LogP contribution < -0.4 is 14.2 Å². The van der Waals surface area contributed by atoms with Crippen LogP contribution >= 0.6 is 23.2 Å². The first-order valence-electron chi connectivity index (χ1n) is 11.5. The molecule has 0 aromatic heterocycles. The van der Waals surface area contributed by atoms with Crippen LogP contribution in [0.5, 0.6) is 17.2 Å². The maximum Gasteiger partial charge on any atom is 0.295 e. The normalized spacial score (nSPS) is 16.6. The number of likely N-dealkylation sites (tertiary alicyclic amines) is 1. The van der Waals surface area contributed by atoms with Crippen LogP contribution in [0.2, 0.25) is 10.0 Å². The molecule has 38 heavy (non-hydrogen) atoms. The van der Waals surface area contributed by atoms with E-state index < -0.39 is 23.5 Å². The maximum atomic E-state index is 13.4. The molecule has 3 aromatic rings. The van der Waals surface area contributed by atoms with E-state index in [2.05, 4.69) is 0 Å². The van der Waals surface area contributed by atoms with E-state index in [9.17, 15) is 19.1 Å². The van der Waals surface area contributed by atoms with Crippen molar-refractivity contribution in [2.45, 2.75) is 12.5 Å². The number of amides is 1. The molecule has 1 aliphatic rings. The van der Waals surface area contributed by atoms with Gasteiger partial charge in [0.1, 0.15) is 11.6 Å². The first-order valence-corrected chi connectivity index (χ1v) is 12.2. The Hall–Kier alpha value is -3.75. The van der Waals surface area contributed by atoms with E-state index in [0.717, 1.165) is 5.56 Å². The smallest absolute Gasteiger partial charge is 0.295 e. The van der Waals surface area contributed by atoms with E-state index in [-0.39, 0.29) is 39.3 Å². The highest BCUT2D eigenvalue weighted by atomic mass is 35.5. The minimum Gasteiger partial charge on any atom is -0.507 e. The van der Waals surface area contributed by atoms with Gasteiger partial charge < -0.3 is 24.2 Å². The SMILES string of the molecule is COc1ccc(C2/C(=C(\O)c3cc(Cl)c(OC)c(Cl)c3)C(=O)C(=O)N2CCc2ccc(F)cc2)cc1OC. The van der Waals surface area contributed by atoms with Gasteiger partial charge in [0, 0.05) is 12.1 Å². The maximum absolute atomic E-state index is 13.4. The fourth-order valence-corrected chi connectivity index (χ4v) is 5.07. The summed E-state index contributed by atoms with van der Waals surface area (Å²) in [6.07, 6.45) is 0.345. The molecule has 0 saturated carbocycles. The van der Waals surface area contributed by atoms with Crippen molar-refractivity contribution in [2.24, 2.45) is 0 Å². The molecule has 0 radical (unpaired) electrons. The number of rotatable bonds is 8. The van der Waals surface area contributed by atoms with Crippen LogP contribution in [0.1, 0.15) is 22.7 Å². The average molecular weight is 560 g/mol. The van der Waals surface area contributed by atoms with E-state index in [1.165, 1.54) is 50.5 Å². The van der Waals surface area contributed by atoms with Gasteiger partial charge in [-0.2, -0.15) is 0 Å². The molecule has 1 fully saturated rings. The van der Waals surface area contributed by atoms with E-state index in [0.29, 0.717) is 23.5 Å². The number of benzene rings is 3. The Labute approximate surface area is 228 Å². The van der Waals surface area contributed by atoms with Crippen molar-refractivity contribution in [3.8, 4) is 17.2 Å². The standard InChI is InChI=1S/C28H24Cl2FNO6/c1-36-21-9-6-16(14-22(21)37-2)24-23(25(33)17-12-19(29)27(38-3)20(30)13-17)26(34)28(35)32(24)11-10-15-4-7-18(31)8-5-15/h4-9,12-14,24,33H,10-11H2,1-3H3/b25-23+. The number of aliphatic hydroxyl groups is 1. The summed E-state index contributed by atoms with van der Waals surface area (Å²) in [6, 6.07) is 12.7. The first-order chi connectivity index (χ1) is 18.2. The van der Waals surface area contributed by atoms with Gasteiger partial charge in [-0.1, -0.05) is 41.4 Å². The molecule has 0 spiro atoms. The van der Waals surface area contributed by atoms with E-state index >= 15 is 0 Å². The van der Waals surface area contributed by atoms with Crippen molar-refractivity contribution in [1.82, 2.24) is 4.90 Å². The Balaban J connectivity index is 1.85. The highest BCUT2D eigenvalue weighted by Crippen LogP contribution is 2.43. The number of carbonyl (C=O) groups is 2. The Morgan fingerprint density at radius 1 is 0.921 bits per heavy atom. The van der Waals surface area contributed by atoms with Crippen LogP contribution in [0.3, 0.4) is 0 Å². The molecule has 1 unspecified atom stereocenters. The second kappa shape index (κ2) is 11.3. The summed E-state index contributed by atoms with van der Waals surface area (Å²) in [4.78, 5) is 28.0. The lowest BCUT2D eigenvalue weighted by atomic mass is 9.94. The molecule has 198 valence electrons. The predicted octanol–water partition coefficient (Wildman–Crippen LogP) is 5.82. The summed E-state index contributed by atoms with van der Waals surface area (Å²) in [6.45, 7) is 0.121. The van der Waals surface area contributed by atoms with Gasteiger partial charge in [0.05, 0.1) is 43.0 Å². The second-order valence-corrected chi connectivity index (χ2v) is 9.27. The monoisotopic (exact) mass is 559 g/mol. The quantitative estimate of drug-likeness (QED) is 0.212. The minimum absolute atomic E-state index is 0.120. The molecule has 1 saturated heterocycles. The van der Waals surface area contributed by atoms with E-state index in [1.54, 1.807) is 30.3 Å². The molecule has 1 aliphatic heterocycles. The summed E-state index contributed by atoms with van der Waals surface area (Å²) in [5.74, 6) is -1.45. The van der Waals surface area contributed by atoms with Crippen LogP contribution in [-0.2, 0) is 16.0 Å². The zero-order valence-corrected chi connectivity index (χ0v) is 22.3. The molecule has 10 heteroatoms. The lowest BCUT2D eigenvalue weighted by Crippen LogP contribution is -2.31. The van der Waals surface area contributed by atoms with Crippen LogP contribution in [-0.4, -0.2) is 49.6 Å². The molecule has 7 nitrogen and oxygen atoms in total. The molecule has 1 amide bonds. The third-order valence-corrected chi connectivity index (χ3v) is 6.86. The third kappa shape index (κ3) is 5.14. The molecule has 4 rings (SSSR count). The summed E-state index contributed by atoms with van der Waals surface area (Å²) < 4.78 is 29.3. The van der Waals surface area contributed by atoms with E-state index in [4.69, 9.17) is 37.4 Å². The predicted molar refractivity (Wildman–Crippen MR) is 142 cm³/mol. The average Bonchev–Trinajstić information content (AvgIpc) is 3.16. The number of aliphatic hydroxyl groups excluding tert-OH is 1. The van der Waals surface area contributed by atoms with Crippen LogP contribution in [0.25, 0.3) is 5.76 Å².